The molecule has 0 unspecified atom stereocenters. The van der Waals surface area contributed by atoms with Crippen LogP contribution >= 0.6 is 23.1 Å². The molecule has 0 radical (unpaired) electrons. The van der Waals surface area contributed by atoms with Crippen LogP contribution in [0.15, 0.2) is 27.6 Å². The normalized spacial score (nSPS) is 10.4. The molecule has 19 heavy (non-hydrogen) atoms. The molecule has 0 atom stereocenters. The van der Waals surface area contributed by atoms with Crippen molar-refractivity contribution in [1.82, 2.24) is 15.0 Å². The van der Waals surface area contributed by atoms with E-state index in [1.807, 2.05) is 6.92 Å². The van der Waals surface area contributed by atoms with Gasteiger partial charge in [-0.15, -0.1) is 11.3 Å². The van der Waals surface area contributed by atoms with Gasteiger partial charge in [0.1, 0.15) is 0 Å². The Balaban J connectivity index is 1.93. The summed E-state index contributed by atoms with van der Waals surface area (Å²) < 4.78 is 0. The Hall–Kier alpha value is -1.67. The van der Waals surface area contributed by atoms with E-state index in [0.717, 1.165) is 0 Å². The predicted octanol–water partition coefficient (Wildman–Crippen LogP) is 1.52. The summed E-state index contributed by atoms with van der Waals surface area (Å²) in [5.74, 6) is -0.000111. The van der Waals surface area contributed by atoms with Gasteiger partial charge in [-0.05, 0) is 6.42 Å². The third kappa shape index (κ3) is 4.18. The minimum Gasteiger partial charge on any atom is -0.301 e. The zero-order chi connectivity index (χ0) is 13.7. The molecule has 0 spiro atoms. The van der Waals surface area contributed by atoms with Gasteiger partial charge < -0.3 is 10.3 Å². The summed E-state index contributed by atoms with van der Waals surface area (Å²) in [6, 6.07) is 1.46. The van der Waals surface area contributed by atoms with E-state index in [4.69, 9.17) is 0 Å². The molecule has 0 aliphatic heterocycles. The molecule has 0 aliphatic rings. The highest BCUT2D eigenvalue weighted by molar-refractivity contribution is 7.99. The van der Waals surface area contributed by atoms with Gasteiger partial charge >= 0.3 is 0 Å². The maximum Gasteiger partial charge on any atom is 0.251 e. The highest BCUT2D eigenvalue weighted by Gasteiger charge is 2.07. The second-order valence-corrected chi connectivity index (χ2v) is 5.43. The van der Waals surface area contributed by atoms with Crippen molar-refractivity contribution in [1.29, 1.82) is 0 Å². The SMILES string of the molecule is CCc1cc(=O)[nH]c(SCC(=O)Nc2nccs2)n1. The minimum absolute atomic E-state index is 0.176. The zero-order valence-corrected chi connectivity index (χ0v) is 11.8. The Morgan fingerprint density at radius 2 is 2.42 bits per heavy atom. The second kappa shape index (κ2) is 6.48. The monoisotopic (exact) mass is 296 g/mol. The van der Waals surface area contributed by atoms with Crippen LogP contribution in [0.1, 0.15) is 12.6 Å². The number of nitrogens with one attached hydrogen (secondary N) is 2. The van der Waals surface area contributed by atoms with Gasteiger partial charge in [0.2, 0.25) is 5.91 Å². The molecule has 8 heteroatoms. The van der Waals surface area contributed by atoms with Crippen molar-refractivity contribution in [3.63, 3.8) is 0 Å². The molecular weight excluding hydrogens is 284 g/mol. The van der Waals surface area contributed by atoms with Gasteiger partial charge in [0, 0.05) is 23.3 Å². The number of thioether (sulfide) groups is 1. The first kappa shape index (κ1) is 13.8. The van der Waals surface area contributed by atoms with E-state index in [0.29, 0.717) is 22.4 Å². The maximum absolute atomic E-state index is 11.6. The topological polar surface area (TPSA) is 87.7 Å². The number of amides is 1. The van der Waals surface area contributed by atoms with Gasteiger partial charge in [0.15, 0.2) is 10.3 Å². The highest BCUT2D eigenvalue weighted by atomic mass is 32.2. The Kier molecular flexibility index (Phi) is 4.69. The van der Waals surface area contributed by atoms with Crippen molar-refractivity contribution in [3.8, 4) is 0 Å². The number of nitrogens with zero attached hydrogens (tertiary/aromatic N) is 2. The summed E-state index contributed by atoms with van der Waals surface area (Å²) in [6.45, 7) is 1.92. The van der Waals surface area contributed by atoms with Crippen molar-refractivity contribution >= 4 is 34.1 Å². The van der Waals surface area contributed by atoms with Gasteiger partial charge in [0.25, 0.3) is 5.56 Å². The summed E-state index contributed by atoms with van der Waals surface area (Å²) in [5, 5.41) is 5.47. The molecule has 0 fully saturated rings. The van der Waals surface area contributed by atoms with E-state index >= 15 is 0 Å². The lowest BCUT2D eigenvalue weighted by Gasteiger charge is -2.02. The van der Waals surface area contributed by atoms with Crippen molar-refractivity contribution in [2.24, 2.45) is 0 Å². The molecule has 2 heterocycles. The largest absolute Gasteiger partial charge is 0.301 e. The quantitative estimate of drug-likeness (QED) is 0.645. The number of thiazole rings is 1. The lowest BCUT2D eigenvalue weighted by atomic mass is 10.3. The van der Waals surface area contributed by atoms with Crippen LogP contribution in [-0.2, 0) is 11.2 Å². The maximum atomic E-state index is 11.6. The van der Waals surface area contributed by atoms with Gasteiger partial charge in [-0.3, -0.25) is 9.59 Å². The van der Waals surface area contributed by atoms with E-state index in [1.165, 1.54) is 29.2 Å². The highest BCUT2D eigenvalue weighted by Crippen LogP contribution is 2.14. The van der Waals surface area contributed by atoms with E-state index in [9.17, 15) is 9.59 Å². The van der Waals surface area contributed by atoms with Crippen molar-refractivity contribution in [2.45, 2.75) is 18.5 Å². The van der Waals surface area contributed by atoms with Crippen molar-refractivity contribution in [2.75, 3.05) is 11.1 Å². The lowest BCUT2D eigenvalue weighted by Crippen LogP contribution is -2.15. The Labute approximate surface area is 117 Å². The fraction of sp³-hybridized carbons (Fsp3) is 0.273. The molecule has 2 N–H and O–H groups in total. The first-order valence-electron chi connectivity index (χ1n) is 5.59. The number of carbonyl (C=O) groups excluding carboxylic acids is 1. The number of aryl methyl sites for hydroxylation is 1. The summed E-state index contributed by atoms with van der Waals surface area (Å²) in [7, 11) is 0. The third-order valence-corrected chi connectivity index (χ3v) is 3.72. The number of hydrogen-bond acceptors (Lipinski definition) is 6. The van der Waals surface area contributed by atoms with Gasteiger partial charge in [0.05, 0.1) is 5.75 Å². The Morgan fingerprint density at radius 3 is 3.11 bits per heavy atom. The lowest BCUT2D eigenvalue weighted by molar-refractivity contribution is -0.113. The van der Waals surface area contributed by atoms with Crippen molar-refractivity contribution in [3.05, 3.63) is 33.7 Å². The standard InChI is InChI=1S/C11H12N4O2S2/c1-2-7-5-8(16)14-11(13-7)19-6-9(17)15-10-12-3-4-18-10/h3-5H,2,6H2,1H3,(H,12,15,17)(H,13,14,16). The Bertz CT molecular complexity index is 609. The van der Waals surface area contributed by atoms with Crippen LogP contribution in [0.2, 0.25) is 0 Å². The third-order valence-electron chi connectivity index (χ3n) is 2.15. The van der Waals surface area contributed by atoms with Crippen LogP contribution in [0, 0.1) is 0 Å². The molecule has 0 aromatic carbocycles. The predicted molar refractivity (Wildman–Crippen MR) is 75.7 cm³/mol. The van der Waals surface area contributed by atoms with Gasteiger partial charge in [-0.2, -0.15) is 0 Å². The number of aromatic nitrogens is 3. The van der Waals surface area contributed by atoms with E-state index in [2.05, 4.69) is 20.3 Å². The molecule has 0 saturated carbocycles. The fourth-order valence-electron chi connectivity index (χ4n) is 1.31. The molecular formula is C11H12N4O2S2. The number of rotatable bonds is 5. The molecule has 0 saturated heterocycles. The molecule has 0 bridgehead atoms. The summed E-state index contributed by atoms with van der Waals surface area (Å²) in [6.07, 6.45) is 2.31. The molecule has 0 aliphatic carbocycles. The minimum atomic E-state index is -0.199. The first-order valence-corrected chi connectivity index (χ1v) is 7.46. The number of carbonyl (C=O) groups is 1. The van der Waals surface area contributed by atoms with Crippen LogP contribution in [-0.4, -0.2) is 26.6 Å². The molecule has 2 aromatic heterocycles. The average molecular weight is 296 g/mol. The average Bonchev–Trinajstić information content (AvgIpc) is 2.88. The molecule has 2 aromatic rings. The van der Waals surface area contributed by atoms with Gasteiger partial charge in [-0.25, -0.2) is 9.97 Å². The molecule has 100 valence electrons. The van der Waals surface area contributed by atoms with E-state index in [1.54, 1.807) is 11.6 Å². The fourth-order valence-corrected chi connectivity index (χ4v) is 2.55. The molecule has 1 amide bonds. The zero-order valence-electron chi connectivity index (χ0n) is 10.2. The van der Waals surface area contributed by atoms with Gasteiger partial charge in [-0.1, -0.05) is 18.7 Å². The summed E-state index contributed by atoms with van der Waals surface area (Å²) in [5.41, 5.74) is 0.515. The van der Waals surface area contributed by atoms with Crippen molar-refractivity contribution < 1.29 is 4.79 Å². The number of H-pyrrole nitrogens is 1. The summed E-state index contributed by atoms with van der Waals surface area (Å²) in [4.78, 5) is 33.8. The summed E-state index contributed by atoms with van der Waals surface area (Å²) >= 11 is 2.55. The first-order chi connectivity index (χ1) is 9.17. The smallest absolute Gasteiger partial charge is 0.251 e. The molecule has 2 rings (SSSR count). The Morgan fingerprint density at radius 1 is 1.58 bits per heavy atom. The number of aromatic amines is 1. The van der Waals surface area contributed by atoms with E-state index < -0.39 is 0 Å². The van der Waals surface area contributed by atoms with Crippen LogP contribution < -0.4 is 10.9 Å². The molecule has 6 nitrogen and oxygen atoms in total. The van der Waals surface area contributed by atoms with Crippen LogP contribution in [0.3, 0.4) is 0 Å². The van der Waals surface area contributed by atoms with E-state index in [-0.39, 0.29) is 17.2 Å². The van der Waals surface area contributed by atoms with Crippen LogP contribution in [0.4, 0.5) is 5.13 Å². The second-order valence-electron chi connectivity index (χ2n) is 3.57. The van der Waals surface area contributed by atoms with Crippen LogP contribution in [0.5, 0.6) is 0 Å². The number of anilines is 1. The number of hydrogen-bond donors (Lipinski definition) is 2. The van der Waals surface area contributed by atoms with Crippen LogP contribution in [0.25, 0.3) is 0 Å².